The number of urea groups is 1. The van der Waals surface area contributed by atoms with Crippen molar-refractivity contribution < 1.29 is 86.6 Å². The molecule has 32 heteroatoms. The van der Waals surface area contributed by atoms with E-state index in [0.717, 1.165) is 0 Å². The minimum absolute atomic E-state index is 0.0131. The van der Waals surface area contributed by atoms with Gasteiger partial charge in [0.1, 0.15) is 46.9 Å². The summed E-state index contributed by atoms with van der Waals surface area (Å²) in [5, 5.41) is 51.3. The highest BCUT2D eigenvalue weighted by atomic mass is 127. The Kier molecular flexibility index (Phi) is 27.4. The Hall–Kier alpha value is -9.83. The van der Waals surface area contributed by atoms with E-state index >= 15 is 4.79 Å². The molecule has 11 N–H and O–H groups in total. The average Bonchev–Trinajstić information content (AvgIpc) is 1.69. The van der Waals surface area contributed by atoms with Crippen molar-refractivity contribution in [3.63, 3.8) is 0 Å². The number of aliphatic hydroxyl groups is 2. The largest absolute Gasteiger partial charge is 0.507 e. The molecular formula is C81H102BIN10O20. The fourth-order valence-electron chi connectivity index (χ4n) is 15.4. The number of hydrogen-bond acceptors (Lipinski definition) is 22. The second-order valence-electron chi connectivity index (χ2n) is 30.9. The number of piperidine rings is 1. The molecule has 4 aliphatic heterocycles. The van der Waals surface area contributed by atoms with E-state index < -0.39 is 134 Å². The maximum atomic E-state index is 15.2. The lowest BCUT2D eigenvalue weighted by atomic mass is 9.60. The molecule has 2 saturated heterocycles. The molecular weight excluding hydrogens is 1570 g/mol. The molecule has 0 spiro atoms. The van der Waals surface area contributed by atoms with Crippen molar-refractivity contribution in [2.24, 2.45) is 40.7 Å². The number of aliphatic hydroxyl groups excluding tert-OH is 2. The van der Waals surface area contributed by atoms with E-state index in [1.165, 1.54) is 58.1 Å². The summed E-state index contributed by atoms with van der Waals surface area (Å²) in [4.78, 5) is 157. The molecule has 1 saturated carbocycles. The maximum Gasteiger partial charge on any atom is 0.407 e. The summed E-state index contributed by atoms with van der Waals surface area (Å²) < 4.78 is 36.4. The van der Waals surface area contributed by atoms with Crippen molar-refractivity contribution in [2.75, 3.05) is 55.4 Å². The molecule has 3 fully saturated rings. The number of amides is 9. The molecule has 5 aromatic rings. The molecule has 30 nitrogen and oxygen atoms in total. The lowest BCUT2D eigenvalue weighted by molar-refractivity contribution is -0.155. The number of ether oxygens (including phenoxy) is 5. The number of aromatic nitrogens is 1. The third-order valence-corrected chi connectivity index (χ3v) is 25.2. The monoisotopic (exact) mass is 1670 g/mol. The molecule has 10 rings (SSSR count). The Morgan fingerprint density at radius 2 is 1.60 bits per heavy atom. The summed E-state index contributed by atoms with van der Waals surface area (Å²) in [6.45, 7) is 18.0. The number of fused-ring (bicyclic) bond motifs is 5. The van der Waals surface area contributed by atoms with Gasteiger partial charge in [0.15, 0.2) is 22.4 Å². The number of phenolic OH excluding ortho intramolecular Hbond substituents is 1. The highest BCUT2D eigenvalue weighted by molar-refractivity contribution is 14.1. The van der Waals surface area contributed by atoms with Gasteiger partial charge in [-0.1, -0.05) is 113 Å². The minimum Gasteiger partial charge on any atom is -0.507 e. The van der Waals surface area contributed by atoms with Crippen LogP contribution in [0, 0.1) is 41.9 Å². The highest BCUT2D eigenvalue weighted by Gasteiger charge is 2.52. The topological polar surface area (TPSA) is 425 Å². The van der Waals surface area contributed by atoms with Gasteiger partial charge in [-0.3, -0.25) is 48.1 Å². The van der Waals surface area contributed by atoms with Gasteiger partial charge in [-0.2, -0.15) is 0 Å². The molecule has 12 atom stereocenters. The van der Waals surface area contributed by atoms with Crippen LogP contribution in [0.15, 0.2) is 86.5 Å². The van der Waals surface area contributed by atoms with Gasteiger partial charge in [0.05, 0.1) is 36.9 Å². The average molecular weight is 1670 g/mol. The number of allylic oxidation sites excluding steroid dienone is 2. The summed E-state index contributed by atoms with van der Waals surface area (Å²) in [7, 11) is 7.79. The van der Waals surface area contributed by atoms with Crippen molar-refractivity contribution in [3.8, 4) is 11.5 Å². The summed E-state index contributed by atoms with van der Waals surface area (Å²) >= 11 is 2.27. The van der Waals surface area contributed by atoms with Crippen LogP contribution in [0.2, 0.25) is 5.31 Å². The number of primary amides is 1. The number of alkyl halides is 1. The van der Waals surface area contributed by atoms with E-state index in [9.17, 15) is 63.3 Å². The van der Waals surface area contributed by atoms with Gasteiger partial charge < -0.3 is 86.0 Å². The number of methoxy groups -OCH3 is 1. The van der Waals surface area contributed by atoms with Gasteiger partial charge in [0, 0.05) is 134 Å². The Bertz CT molecular complexity index is 4790. The van der Waals surface area contributed by atoms with Crippen molar-refractivity contribution in [1.29, 1.82) is 0 Å². The second-order valence-corrected chi connectivity index (χ2v) is 32.3. The van der Waals surface area contributed by atoms with Crippen LogP contribution in [0.3, 0.4) is 0 Å². The van der Waals surface area contributed by atoms with Crippen LogP contribution in [0.1, 0.15) is 150 Å². The number of halogens is 1. The Morgan fingerprint density at radius 1 is 0.903 bits per heavy atom. The molecule has 2 unspecified atom stereocenters. The third-order valence-electron chi connectivity index (χ3n) is 22.9. The SMILES string of the molecule is [B]C(C)(CC)C1CC(=O)N(CCCCCNC(=O)C2(C(=O)N[C@@H](CCCNC(N)=O)C(=O)Nc3ccc(COC(=O)NC4CCN(c5cc(=O)c6nc7c(oc6c5)c5c(=O)c6c(O)c(C)c8c(c67)=C(O)[C@@](C)(O/C=C/[C@H](OC)[C@@H](C)[C@@H](OC(C)=O)[C@H](C)[C@H](I)[C@H](C)[C@@H](O)[C@@H](C)/C=C/C=C(/C)C(=O)N5)O8)CC4)cc3)CCC2)C1=O. The predicted octanol–water partition coefficient (Wildman–Crippen LogP) is 8.36. The normalized spacial score (nSPS) is 25.4. The molecule has 606 valence electrons. The van der Waals surface area contributed by atoms with Crippen molar-refractivity contribution in [1.82, 2.24) is 31.2 Å². The van der Waals surface area contributed by atoms with Crippen molar-refractivity contribution >= 4 is 140 Å². The fourth-order valence-corrected chi connectivity index (χ4v) is 16.2. The number of carbonyl (C=O) groups is 9. The molecule has 4 aromatic carbocycles. The number of hydrogen-bond donors (Lipinski definition) is 10. The number of esters is 1. The molecule has 5 aliphatic rings. The lowest BCUT2D eigenvalue weighted by Gasteiger charge is -2.39. The van der Waals surface area contributed by atoms with E-state index in [0.29, 0.717) is 75.0 Å². The number of aromatic hydroxyl groups is 1. The van der Waals surface area contributed by atoms with Crippen LogP contribution in [-0.4, -0.2) is 167 Å². The van der Waals surface area contributed by atoms with Crippen LogP contribution in [0.5, 0.6) is 11.5 Å². The third kappa shape index (κ3) is 18.7. The van der Waals surface area contributed by atoms with E-state index in [4.69, 9.17) is 46.7 Å². The van der Waals surface area contributed by atoms with E-state index in [1.54, 1.807) is 55.5 Å². The van der Waals surface area contributed by atoms with Crippen LogP contribution in [-0.2, 0) is 59.1 Å². The number of unbranched alkanes of at least 4 members (excludes halogenated alkanes) is 2. The number of nitrogens with zero attached hydrogens (tertiary/aromatic N) is 3. The zero-order valence-electron chi connectivity index (χ0n) is 65.6. The molecule has 113 heavy (non-hydrogen) atoms. The number of benzene rings is 4. The first-order valence-electron chi connectivity index (χ1n) is 38.5. The molecule has 5 heterocycles. The first-order valence-corrected chi connectivity index (χ1v) is 39.7. The highest BCUT2D eigenvalue weighted by Crippen LogP contribution is 2.46. The standard InChI is InChI=1S/C81H102BIN10O20/c1-12-79(9,82)52-39-57(96)93(74(52)103)33-15-13-14-31-85-75(104)81(29-18-30-81)76(105)89-53(21-17-32-86-77(84)106)73(102)87-49-24-22-48(23-25-49)40-109-78(107)88-50-26-34-92(35-27-50)51-37-54(95)62-56(38-51)112-70-63(90-62)58-59-66(98)46(7)69-60(58)71(100)80(10,113-69)110-36-28-55(108-11)43(4)68(111-47(8)94)45(6)61(83)44(5)65(97)41(2)19-16-20-42(3)72(101)91-64(70)67(59)99/h16,19-20,22-25,28,36-38,41,43-45,50,52-53,55,61,65,68,97-98,100H,12-15,17-18,21,26-27,29-35,39-40H2,1-11H3,(H,85,104)(H,87,102)(H,88,107)(H,89,105)(H,91,101)(H3,84,86,106)/b19-16+,36-28+,42-20-/t41-,43+,44-,45+,52?,53-,55-,61+,65-,68+,79?,80-/m0/s1. The van der Waals surface area contributed by atoms with Crippen LogP contribution in [0.4, 0.5) is 26.7 Å². The second kappa shape index (κ2) is 36.1. The zero-order valence-corrected chi connectivity index (χ0v) is 67.7. The number of carbonyl (C=O) groups excluding carboxylic acids is 9. The summed E-state index contributed by atoms with van der Waals surface area (Å²) in [5.74, 6) is -8.91. The van der Waals surface area contributed by atoms with E-state index in [2.05, 4.69) is 54.5 Å². The maximum absolute atomic E-state index is 15.2. The van der Waals surface area contributed by atoms with Crippen LogP contribution >= 0.6 is 22.6 Å². The number of anilines is 3. The Morgan fingerprint density at radius 3 is 2.26 bits per heavy atom. The summed E-state index contributed by atoms with van der Waals surface area (Å²) in [6, 6.07) is 7.16. The van der Waals surface area contributed by atoms with Gasteiger partial charge in [-0.15, -0.1) is 0 Å². The molecule has 1 aliphatic carbocycles. The number of likely N-dealkylation sites (tertiary alicyclic amines) is 1. The van der Waals surface area contributed by atoms with Gasteiger partial charge in [-0.25, -0.2) is 14.6 Å². The number of nitrogens with one attached hydrogen (secondary N) is 6. The van der Waals surface area contributed by atoms with E-state index in [-0.39, 0.29) is 142 Å². The predicted molar refractivity (Wildman–Crippen MR) is 432 cm³/mol. The molecule has 9 amide bonds. The fraction of sp³-hybridized carbons (Fsp3) is 0.531. The van der Waals surface area contributed by atoms with Gasteiger partial charge in [0.2, 0.25) is 40.4 Å². The number of nitrogens with two attached hydrogens (primary N) is 1. The minimum atomic E-state index is -2.03. The first-order chi connectivity index (χ1) is 53.5. The van der Waals surface area contributed by atoms with Gasteiger partial charge in [0.25, 0.3) is 5.91 Å². The van der Waals surface area contributed by atoms with Crippen molar-refractivity contribution in [2.45, 2.75) is 198 Å². The lowest BCUT2D eigenvalue weighted by Crippen LogP contribution is -2.58. The van der Waals surface area contributed by atoms with Crippen LogP contribution < -0.4 is 63.3 Å². The number of alkyl carbamates (subject to hydrolysis) is 1. The Labute approximate surface area is 669 Å². The first kappa shape index (κ1) is 85.6. The van der Waals surface area contributed by atoms with E-state index in [1.807, 2.05) is 39.5 Å². The molecule has 1 aromatic heterocycles. The summed E-state index contributed by atoms with van der Waals surface area (Å²) in [5.41, 5.74) is 2.50. The molecule has 5 bridgehead atoms. The number of phenols is 1. The number of rotatable bonds is 23. The van der Waals surface area contributed by atoms with Gasteiger partial charge >= 0.3 is 23.9 Å². The van der Waals surface area contributed by atoms with Crippen molar-refractivity contribution in [3.05, 3.63) is 109 Å². The van der Waals surface area contributed by atoms with Crippen LogP contribution in [0.25, 0.3) is 38.7 Å². The smallest absolute Gasteiger partial charge is 0.407 e. The quantitative estimate of drug-likeness (QED) is 0.00338. The zero-order chi connectivity index (χ0) is 82.3. The van der Waals surface area contributed by atoms with Gasteiger partial charge in [-0.05, 0) is 101 Å². The number of imide groups is 1. The summed E-state index contributed by atoms with van der Waals surface area (Å²) in [6.07, 6.45) is 9.16. The Balaban J connectivity index is 0.804. The molecule has 2 radical (unpaired) electrons.